The van der Waals surface area contributed by atoms with Gasteiger partial charge in [0.1, 0.15) is 0 Å². The Morgan fingerprint density at radius 1 is 1.24 bits per heavy atom. The van der Waals surface area contributed by atoms with E-state index < -0.39 is 17.7 Å². The highest BCUT2D eigenvalue weighted by Gasteiger charge is 2.15. The molecule has 0 aliphatic rings. The molecular formula is C14H10ClFN2O3. The third-order valence-corrected chi connectivity index (χ3v) is 3.03. The maximum Gasteiger partial charge on any atom is 0.335 e. The van der Waals surface area contributed by atoms with Crippen LogP contribution in [0.25, 0.3) is 0 Å². The molecule has 0 spiro atoms. The summed E-state index contributed by atoms with van der Waals surface area (Å²) in [7, 11) is 0. The van der Waals surface area contributed by atoms with E-state index in [-0.39, 0.29) is 27.5 Å². The van der Waals surface area contributed by atoms with Crippen LogP contribution in [0.15, 0.2) is 36.4 Å². The number of benzene rings is 2. The highest BCUT2D eigenvalue weighted by molar-refractivity contribution is 6.31. The summed E-state index contributed by atoms with van der Waals surface area (Å²) in [5.74, 6) is -2.71. The molecule has 0 aliphatic carbocycles. The normalized spacial score (nSPS) is 10.2. The van der Waals surface area contributed by atoms with E-state index in [1.54, 1.807) is 0 Å². The maximum atomic E-state index is 13.7. The molecule has 108 valence electrons. The molecule has 0 aliphatic heterocycles. The molecule has 7 heteroatoms. The summed E-state index contributed by atoms with van der Waals surface area (Å²) >= 11 is 5.60. The van der Waals surface area contributed by atoms with Crippen LogP contribution in [0.1, 0.15) is 20.7 Å². The van der Waals surface area contributed by atoms with Crippen LogP contribution < -0.4 is 11.1 Å². The van der Waals surface area contributed by atoms with Crippen molar-refractivity contribution in [3.63, 3.8) is 0 Å². The Morgan fingerprint density at radius 3 is 2.57 bits per heavy atom. The highest BCUT2D eigenvalue weighted by atomic mass is 35.5. The van der Waals surface area contributed by atoms with Crippen molar-refractivity contribution in [3.05, 3.63) is 58.4 Å². The predicted octanol–water partition coefficient (Wildman–Crippen LogP) is 3.01. The number of carboxylic acid groups (broad SMARTS) is 1. The Morgan fingerprint density at radius 2 is 1.95 bits per heavy atom. The number of halogens is 2. The summed E-state index contributed by atoms with van der Waals surface area (Å²) in [6.45, 7) is 0. The van der Waals surface area contributed by atoms with E-state index >= 15 is 0 Å². The highest BCUT2D eigenvalue weighted by Crippen LogP contribution is 2.23. The van der Waals surface area contributed by atoms with Crippen LogP contribution in [-0.2, 0) is 0 Å². The first kappa shape index (κ1) is 14.8. The molecule has 0 saturated heterocycles. The van der Waals surface area contributed by atoms with Gasteiger partial charge in [-0.05, 0) is 30.3 Å². The zero-order valence-corrected chi connectivity index (χ0v) is 11.3. The third kappa shape index (κ3) is 3.11. The van der Waals surface area contributed by atoms with Crippen molar-refractivity contribution in [1.82, 2.24) is 0 Å². The predicted molar refractivity (Wildman–Crippen MR) is 77.2 cm³/mol. The zero-order chi connectivity index (χ0) is 15.6. The first-order chi connectivity index (χ1) is 9.90. The second kappa shape index (κ2) is 5.80. The molecule has 2 rings (SSSR count). The number of nitrogens with one attached hydrogen (secondary N) is 1. The summed E-state index contributed by atoms with van der Waals surface area (Å²) < 4.78 is 13.7. The summed E-state index contributed by atoms with van der Waals surface area (Å²) in [6.07, 6.45) is 0. The molecule has 0 bridgehead atoms. The van der Waals surface area contributed by atoms with Crippen molar-refractivity contribution in [3.8, 4) is 0 Å². The van der Waals surface area contributed by atoms with E-state index in [2.05, 4.69) is 5.32 Å². The van der Waals surface area contributed by atoms with Gasteiger partial charge in [-0.25, -0.2) is 9.18 Å². The number of nitrogens with two attached hydrogens (primary N) is 1. The monoisotopic (exact) mass is 308 g/mol. The zero-order valence-electron chi connectivity index (χ0n) is 10.6. The average Bonchev–Trinajstić information content (AvgIpc) is 2.43. The third-order valence-electron chi connectivity index (χ3n) is 2.74. The Labute approximate surface area is 124 Å². The van der Waals surface area contributed by atoms with E-state index in [1.165, 1.54) is 36.4 Å². The number of hydrogen-bond acceptors (Lipinski definition) is 3. The van der Waals surface area contributed by atoms with E-state index in [1.807, 2.05) is 0 Å². The standard InChI is InChI=1S/C14H10ClFN2O3/c15-9-3-1-2-8(12(9)16)13(19)18-11-5-4-7(14(20)21)6-10(11)17/h1-6H,17H2,(H,18,19)(H,20,21). The molecule has 1 amide bonds. The van der Waals surface area contributed by atoms with Gasteiger partial charge in [0.05, 0.1) is 27.5 Å². The van der Waals surface area contributed by atoms with Gasteiger partial charge in [-0.3, -0.25) is 4.79 Å². The van der Waals surface area contributed by atoms with E-state index in [9.17, 15) is 14.0 Å². The quantitative estimate of drug-likeness (QED) is 0.760. The topological polar surface area (TPSA) is 92.4 Å². The SMILES string of the molecule is Nc1cc(C(=O)O)ccc1NC(=O)c1cccc(Cl)c1F. The number of aromatic carboxylic acids is 1. The van der Waals surface area contributed by atoms with Gasteiger partial charge >= 0.3 is 5.97 Å². The van der Waals surface area contributed by atoms with Crippen LogP contribution in [0.5, 0.6) is 0 Å². The Kier molecular flexibility index (Phi) is 4.09. The van der Waals surface area contributed by atoms with E-state index in [0.717, 1.165) is 0 Å². The van der Waals surface area contributed by atoms with Crippen molar-refractivity contribution < 1.29 is 19.1 Å². The minimum Gasteiger partial charge on any atom is -0.478 e. The van der Waals surface area contributed by atoms with Crippen LogP contribution in [0.3, 0.4) is 0 Å². The number of amides is 1. The van der Waals surface area contributed by atoms with Gasteiger partial charge in [0.15, 0.2) is 5.82 Å². The van der Waals surface area contributed by atoms with Crippen LogP contribution in [-0.4, -0.2) is 17.0 Å². The first-order valence-electron chi connectivity index (χ1n) is 5.78. The molecule has 4 N–H and O–H groups in total. The van der Waals surface area contributed by atoms with Crippen LogP contribution in [0.4, 0.5) is 15.8 Å². The van der Waals surface area contributed by atoms with Crippen molar-refractivity contribution >= 4 is 34.9 Å². The van der Waals surface area contributed by atoms with Crippen LogP contribution in [0, 0.1) is 5.82 Å². The lowest BCUT2D eigenvalue weighted by atomic mass is 10.1. The van der Waals surface area contributed by atoms with Gasteiger partial charge in [0.25, 0.3) is 5.91 Å². The number of carbonyl (C=O) groups is 2. The number of nitrogen functional groups attached to an aromatic ring is 1. The minimum atomic E-state index is -1.14. The molecule has 0 aromatic heterocycles. The lowest BCUT2D eigenvalue weighted by Crippen LogP contribution is -2.15. The number of anilines is 2. The molecule has 21 heavy (non-hydrogen) atoms. The van der Waals surface area contributed by atoms with Gasteiger partial charge in [-0.2, -0.15) is 0 Å². The lowest BCUT2D eigenvalue weighted by Gasteiger charge is -2.09. The smallest absolute Gasteiger partial charge is 0.335 e. The average molecular weight is 309 g/mol. The van der Waals surface area contributed by atoms with Crippen molar-refractivity contribution in [2.45, 2.75) is 0 Å². The fraction of sp³-hybridized carbons (Fsp3) is 0. The summed E-state index contributed by atoms with van der Waals surface area (Å²) in [5.41, 5.74) is 5.65. The fourth-order valence-corrected chi connectivity index (χ4v) is 1.85. The Balaban J connectivity index is 2.28. The van der Waals surface area contributed by atoms with Crippen LogP contribution in [0.2, 0.25) is 5.02 Å². The van der Waals surface area contributed by atoms with Crippen molar-refractivity contribution in [2.75, 3.05) is 11.1 Å². The molecule has 0 fully saturated rings. The van der Waals surface area contributed by atoms with Crippen molar-refractivity contribution in [2.24, 2.45) is 0 Å². The number of rotatable bonds is 3. The van der Waals surface area contributed by atoms with Crippen molar-refractivity contribution in [1.29, 1.82) is 0 Å². The second-order valence-corrected chi connectivity index (χ2v) is 4.57. The lowest BCUT2D eigenvalue weighted by molar-refractivity contribution is 0.0696. The molecule has 2 aromatic rings. The maximum absolute atomic E-state index is 13.7. The number of hydrogen-bond donors (Lipinski definition) is 3. The van der Waals surface area contributed by atoms with Gasteiger partial charge < -0.3 is 16.2 Å². The summed E-state index contributed by atoms with van der Waals surface area (Å²) in [5, 5.41) is 11.1. The van der Waals surface area contributed by atoms with E-state index in [0.29, 0.717) is 0 Å². The van der Waals surface area contributed by atoms with Gasteiger partial charge in [-0.1, -0.05) is 17.7 Å². The molecule has 0 heterocycles. The molecular weight excluding hydrogens is 299 g/mol. The number of carboxylic acids is 1. The molecule has 2 aromatic carbocycles. The number of carbonyl (C=O) groups excluding carboxylic acids is 1. The van der Waals surface area contributed by atoms with Gasteiger partial charge in [-0.15, -0.1) is 0 Å². The van der Waals surface area contributed by atoms with Crippen LogP contribution >= 0.6 is 11.6 Å². The first-order valence-corrected chi connectivity index (χ1v) is 6.16. The Hall–Kier alpha value is -2.60. The largest absolute Gasteiger partial charge is 0.478 e. The molecule has 0 saturated carbocycles. The molecule has 0 atom stereocenters. The second-order valence-electron chi connectivity index (χ2n) is 4.16. The molecule has 5 nitrogen and oxygen atoms in total. The molecule has 0 unspecified atom stereocenters. The minimum absolute atomic E-state index is 0.0144. The van der Waals surface area contributed by atoms with E-state index in [4.69, 9.17) is 22.4 Å². The summed E-state index contributed by atoms with van der Waals surface area (Å²) in [4.78, 5) is 22.8. The molecule has 0 radical (unpaired) electrons. The Bertz CT molecular complexity index is 734. The fourth-order valence-electron chi connectivity index (χ4n) is 1.68. The van der Waals surface area contributed by atoms with Gasteiger partial charge in [0, 0.05) is 0 Å². The summed E-state index contributed by atoms with van der Waals surface area (Å²) in [6, 6.07) is 7.85. The van der Waals surface area contributed by atoms with Gasteiger partial charge in [0.2, 0.25) is 0 Å².